The fourth-order valence-electron chi connectivity index (χ4n) is 6.33. The number of imidazole rings is 1. The van der Waals surface area contributed by atoms with Crippen molar-refractivity contribution < 1.29 is 0 Å². The molecule has 0 aliphatic carbocycles. The zero-order valence-electron chi connectivity index (χ0n) is 24.4. The molecule has 0 radical (unpaired) electrons. The second-order valence-electron chi connectivity index (χ2n) is 11.1. The number of fused-ring (bicyclic) bond motifs is 4. The second-order valence-corrected chi connectivity index (χ2v) is 13.2. The Kier molecular flexibility index (Phi) is 6.11. The number of anilines is 3. The van der Waals surface area contributed by atoms with Crippen LogP contribution in [-0.4, -0.2) is 14.5 Å². The number of thiazole rings is 1. The number of hydrogen-bond acceptors (Lipinski definition) is 5. The van der Waals surface area contributed by atoms with Gasteiger partial charge in [-0.25, -0.2) is 9.97 Å². The molecule has 0 bridgehead atoms. The Morgan fingerprint density at radius 2 is 1.11 bits per heavy atom. The highest BCUT2D eigenvalue weighted by atomic mass is 32.2. The van der Waals surface area contributed by atoms with Crippen molar-refractivity contribution in [3.05, 3.63) is 145 Å². The Balaban J connectivity index is 1.49. The first-order valence-corrected chi connectivity index (χ1v) is 16.6. The maximum Gasteiger partial charge on any atom is 0.145 e. The molecule has 214 valence electrons. The monoisotopic (exact) mass is 614 g/mol. The van der Waals surface area contributed by atoms with E-state index in [1.807, 2.05) is 11.8 Å². The molecule has 0 amide bonds. The molecule has 0 unspecified atom stereocenters. The van der Waals surface area contributed by atoms with E-state index >= 15 is 0 Å². The lowest BCUT2D eigenvalue weighted by atomic mass is 10.1. The summed E-state index contributed by atoms with van der Waals surface area (Å²) >= 11 is 3.56. The van der Waals surface area contributed by atoms with Crippen molar-refractivity contribution in [2.75, 3.05) is 4.90 Å². The van der Waals surface area contributed by atoms with E-state index in [4.69, 9.17) is 9.97 Å². The summed E-state index contributed by atoms with van der Waals surface area (Å²) in [6, 6.07) is 49.0. The molecule has 2 aromatic heterocycles. The van der Waals surface area contributed by atoms with E-state index in [9.17, 15) is 0 Å². The lowest BCUT2D eigenvalue weighted by Gasteiger charge is -2.33. The van der Waals surface area contributed by atoms with Crippen LogP contribution in [-0.2, 0) is 0 Å². The summed E-state index contributed by atoms with van der Waals surface area (Å²) in [5, 5.41) is 1.00. The smallest absolute Gasteiger partial charge is 0.145 e. The van der Waals surface area contributed by atoms with Gasteiger partial charge in [-0.1, -0.05) is 115 Å². The predicted octanol–water partition coefficient (Wildman–Crippen LogP) is 11.2. The maximum absolute atomic E-state index is 5.47. The van der Waals surface area contributed by atoms with Gasteiger partial charge >= 0.3 is 0 Å². The van der Waals surface area contributed by atoms with Crippen molar-refractivity contribution >= 4 is 61.4 Å². The Morgan fingerprint density at radius 1 is 0.556 bits per heavy atom. The number of para-hydroxylation sites is 3. The van der Waals surface area contributed by atoms with Crippen LogP contribution >= 0.6 is 23.1 Å². The molecule has 0 N–H and O–H groups in total. The van der Waals surface area contributed by atoms with Crippen LogP contribution < -0.4 is 4.90 Å². The van der Waals surface area contributed by atoms with Crippen molar-refractivity contribution in [1.82, 2.24) is 14.5 Å². The van der Waals surface area contributed by atoms with Gasteiger partial charge in [0.25, 0.3) is 0 Å². The molecular weight excluding hydrogens is 589 g/mol. The van der Waals surface area contributed by atoms with E-state index in [0.29, 0.717) is 0 Å². The Hall–Kier alpha value is -5.17. The van der Waals surface area contributed by atoms with Crippen LogP contribution in [0.5, 0.6) is 0 Å². The quantitative estimate of drug-likeness (QED) is 0.197. The summed E-state index contributed by atoms with van der Waals surface area (Å²) in [6.45, 7) is 2.20. The fraction of sp³-hybridized carbons (Fsp3) is 0.0256. The SMILES string of the molecule is Cc1c2nc(-c3ccccc3)n(-c3ccccc3)c2c(N2c3ccccc3Sc3ccccc32)c2nc(-c3ccccc3)sc12. The summed E-state index contributed by atoms with van der Waals surface area (Å²) in [4.78, 5) is 15.8. The van der Waals surface area contributed by atoms with Crippen LogP contribution in [0.4, 0.5) is 17.1 Å². The molecule has 1 aliphatic heterocycles. The maximum atomic E-state index is 5.47. The van der Waals surface area contributed by atoms with E-state index < -0.39 is 0 Å². The first-order valence-electron chi connectivity index (χ1n) is 14.9. The summed E-state index contributed by atoms with van der Waals surface area (Å²) in [7, 11) is 0. The van der Waals surface area contributed by atoms with Gasteiger partial charge in [-0.05, 0) is 48.9 Å². The van der Waals surface area contributed by atoms with Crippen molar-refractivity contribution in [3.8, 4) is 27.6 Å². The third-order valence-corrected chi connectivity index (χ3v) is 10.7. The molecule has 0 saturated carbocycles. The van der Waals surface area contributed by atoms with Gasteiger partial charge in [0.15, 0.2) is 0 Å². The number of rotatable bonds is 4. The molecule has 0 spiro atoms. The minimum Gasteiger partial charge on any atom is -0.304 e. The number of benzene rings is 6. The standard InChI is InChI=1S/C39H26N4S2/c1-25-33-35(42(28-19-9-4-10-20-28)38(40-33)26-15-5-2-6-16-26)36(34-37(25)45-39(41-34)27-17-7-3-8-18-27)43-29-21-11-13-23-31(29)44-32-24-14-12-22-30(32)43/h2-24H,1H3. The molecule has 0 fully saturated rings. The summed E-state index contributed by atoms with van der Waals surface area (Å²) < 4.78 is 3.49. The number of aryl methyl sites for hydroxylation is 1. The Labute approximate surface area is 269 Å². The predicted molar refractivity (Wildman–Crippen MR) is 189 cm³/mol. The summed E-state index contributed by atoms with van der Waals surface area (Å²) in [6.07, 6.45) is 0. The van der Waals surface area contributed by atoms with Crippen LogP contribution in [0.25, 0.3) is 48.9 Å². The first kappa shape index (κ1) is 26.3. The Bertz CT molecular complexity index is 2310. The van der Waals surface area contributed by atoms with E-state index in [2.05, 4.69) is 156 Å². The van der Waals surface area contributed by atoms with Crippen LogP contribution in [0.15, 0.2) is 149 Å². The molecule has 6 aromatic carbocycles. The van der Waals surface area contributed by atoms with E-state index in [1.165, 1.54) is 9.79 Å². The molecule has 4 nitrogen and oxygen atoms in total. The van der Waals surface area contributed by atoms with E-state index in [-0.39, 0.29) is 0 Å². The van der Waals surface area contributed by atoms with E-state index in [1.54, 1.807) is 11.3 Å². The van der Waals surface area contributed by atoms with Crippen LogP contribution in [0.2, 0.25) is 0 Å². The van der Waals surface area contributed by atoms with Gasteiger partial charge in [0, 0.05) is 26.6 Å². The van der Waals surface area contributed by atoms with Crippen LogP contribution in [0.3, 0.4) is 0 Å². The molecule has 8 aromatic rings. The Morgan fingerprint density at radius 3 is 1.76 bits per heavy atom. The van der Waals surface area contributed by atoms with Gasteiger partial charge in [0.2, 0.25) is 0 Å². The molecule has 6 heteroatoms. The van der Waals surface area contributed by atoms with Crippen molar-refractivity contribution in [3.63, 3.8) is 0 Å². The van der Waals surface area contributed by atoms with Crippen molar-refractivity contribution in [2.45, 2.75) is 16.7 Å². The highest BCUT2D eigenvalue weighted by molar-refractivity contribution is 7.99. The molecule has 9 rings (SSSR count). The third kappa shape index (κ3) is 4.14. The lowest BCUT2D eigenvalue weighted by Crippen LogP contribution is -2.16. The third-order valence-electron chi connectivity index (χ3n) is 8.37. The number of nitrogens with zero attached hydrogens (tertiary/aromatic N) is 4. The summed E-state index contributed by atoms with van der Waals surface area (Å²) in [5.41, 5.74) is 10.7. The minimum absolute atomic E-state index is 0.912. The molecule has 0 saturated heterocycles. The van der Waals surface area contributed by atoms with E-state index in [0.717, 1.165) is 71.5 Å². The topological polar surface area (TPSA) is 34.0 Å². The average Bonchev–Trinajstić information content (AvgIpc) is 3.73. The van der Waals surface area contributed by atoms with Crippen LogP contribution in [0, 0.1) is 6.92 Å². The largest absolute Gasteiger partial charge is 0.304 e. The normalized spacial score (nSPS) is 12.4. The van der Waals surface area contributed by atoms with Crippen LogP contribution in [0.1, 0.15) is 5.56 Å². The van der Waals surface area contributed by atoms with Gasteiger partial charge in [0.1, 0.15) is 27.6 Å². The van der Waals surface area contributed by atoms with Gasteiger partial charge in [-0.2, -0.15) is 0 Å². The highest BCUT2D eigenvalue weighted by Gasteiger charge is 2.32. The van der Waals surface area contributed by atoms with Gasteiger partial charge < -0.3 is 4.90 Å². The lowest BCUT2D eigenvalue weighted by molar-refractivity contribution is 1.09. The van der Waals surface area contributed by atoms with Crippen molar-refractivity contribution in [1.29, 1.82) is 0 Å². The van der Waals surface area contributed by atoms with Crippen molar-refractivity contribution in [2.24, 2.45) is 0 Å². The van der Waals surface area contributed by atoms with Gasteiger partial charge in [-0.15, -0.1) is 11.3 Å². The second kappa shape index (κ2) is 10.5. The fourth-order valence-corrected chi connectivity index (χ4v) is 8.46. The average molecular weight is 615 g/mol. The first-order chi connectivity index (χ1) is 22.3. The highest BCUT2D eigenvalue weighted by Crippen LogP contribution is 2.55. The molecule has 3 heterocycles. The van der Waals surface area contributed by atoms with Gasteiger partial charge in [-0.3, -0.25) is 4.57 Å². The zero-order valence-corrected chi connectivity index (χ0v) is 26.0. The molecule has 1 aliphatic rings. The minimum atomic E-state index is 0.912. The zero-order chi connectivity index (χ0) is 29.9. The summed E-state index contributed by atoms with van der Waals surface area (Å²) in [5.74, 6) is 0.912. The number of aromatic nitrogens is 3. The molecule has 45 heavy (non-hydrogen) atoms. The van der Waals surface area contributed by atoms with Gasteiger partial charge in [0.05, 0.1) is 21.6 Å². The molecule has 0 atom stereocenters. The molecular formula is C39H26N4S2. The number of hydrogen-bond donors (Lipinski definition) is 0.